The smallest absolute Gasteiger partial charge is 0.232 e. The van der Waals surface area contributed by atoms with Crippen molar-refractivity contribution in [2.45, 2.75) is 38.0 Å². The van der Waals surface area contributed by atoms with E-state index in [9.17, 15) is 0 Å². The van der Waals surface area contributed by atoms with Gasteiger partial charge in [0.15, 0.2) is 11.4 Å². The first-order chi connectivity index (χ1) is 15.1. The number of fused-ring (bicyclic) bond motifs is 2. The van der Waals surface area contributed by atoms with Crippen molar-refractivity contribution in [1.82, 2.24) is 19.6 Å². The quantitative estimate of drug-likeness (QED) is 0.537. The molecule has 1 atom stereocenters. The SMILES string of the molecule is CC1CN(c2nccc3oc(-c4cnc5ccc(OC6CC(N)C6)nn45)cc23)CCO1. The van der Waals surface area contributed by atoms with Crippen LogP contribution in [0, 0.1) is 0 Å². The fourth-order valence-electron chi connectivity index (χ4n) is 4.30. The van der Waals surface area contributed by atoms with Gasteiger partial charge in [-0.15, -0.1) is 5.10 Å². The number of nitrogens with two attached hydrogens (primary N) is 1. The summed E-state index contributed by atoms with van der Waals surface area (Å²) in [7, 11) is 0. The third-order valence-electron chi connectivity index (χ3n) is 5.97. The molecular weight excluding hydrogens is 396 g/mol. The summed E-state index contributed by atoms with van der Waals surface area (Å²) < 4.78 is 19.6. The molecule has 4 aromatic rings. The Balaban J connectivity index is 1.37. The van der Waals surface area contributed by atoms with E-state index in [2.05, 4.69) is 26.9 Å². The van der Waals surface area contributed by atoms with Gasteiger partial charge in [-0.05, 0) is 38.0 Å². The van der Waals surface area contributed by atoms with E-state index in [0.29, 0.717) is 18.2 Å². The maximum absolute atomic E-state index is 6.19. The molecule has 31 heavy (non-hydrogen) atoms. The minimum atomic E-state index is 0.127. The number of rotatable bonds is 4. The summed E-state index contributed by atoms with van der Waals surface area (Å²) in [5.74, 6) is 2.16. The van der Waals surface area contributed by atoms with Gasteiger partial charge in [0.1, 0.15) is 23.2 Å². The minimum absolute atomic E-state index is 0.127. The Morgan fingerprint density at radius 2 is 2.10 bits per heavy atom. The fraction of sp³-hybridized carbons (Fsp3) is 0.409. The number of hydrogen-bond donors (Lipinski definition) is 1. The van der Waals surface area contributed by atoms with Gasteiger partial charge in [-0.25, -0.2) is 14.5 Å². The predicted molar refractivity (Wildman–Crippen MR) is 115 cm³/mol. The van der Waals surface area contributed by atoms with Crippen molar-refractivity contribution >= 4 is 22.4 Å². The second-order valence-electron chi connectivity index (χ2n) is 8.34. The standard InChI is InChI=1S/C22H24N6O3/c1-13-12-27(6-7-29-13)22-16-10-19(31-18(16)4-5-24-22)17-11-25-20-2-3-21(26-28(17)20)30-15-8-14(23)9-15/h2-5,10-11,13-15H,6-9,12,23H2,1H3. The monoisotopic (exact) mass is 420 g/mol. The van der Waals surface area contributed by atoms with Crippen LogP contribution in [0.1, 0.15) is 19.8 Å². The molecule has 160 valence electrons. The average molecular weight is 420 g/mol. The van der Waals surface area contributed by atoms with Crippen molar-refractivity contribution in [3.63, 3.8) is 0 Å². The zero-order valence-corrected chi connectivity index (χ0v) is 17.3. The Labute approximate surface area is 178 Å². The highest BCUT2D eigenvalue weighted by molar-refractivity contribution is 5.92. The molecule has 1 saturated heterocycles. The van der Waals surface area contributed by atoms with E-state index >= 15 is 0 Å². The second kappa shape index (κ2) is 7.21. The summed E-state index contributed by atoms with van der Waals surface area (Å²) >= 11 is 0. The molecule has 1 aliphatic heterocycles. The minimum Gasteiger partial charge on any atom is -0.473 e. The Hall–Kier alpha value is -3.17. The predicted octanol–water partition coefficient (Wildman–Crippen LogP) is 2.63. The normalized spacial score (nSPS) is 23.9. The zero-order valence-electron chi connectivity index (χ0n) is 17.3. The van der Waals surface area contributed by atoms with Gasteiger partial charge >= 0.3 is 0 Å². The van der Waals surface area contributed by atoms with E-state index < -0.39 is 0 Å². The molecular formula is C22H24N6O3. The molecule has 9 nitrogen and oxygen atoms in total. The van der Waals surface area contributed by atoms with Crippen LogP contribution in [0.2, 0.25) is 0 Å². The number of nitrogens with zero attached hydrogens (tertiary/aromatic N) is 5. The van der Waals surface area contributed by atoms with Crippen molar-refractivity contribution in [3.05, 3.63) is 36.7 Å². The highest BCUT2D eigenvalue weighted by atomic mass is 16.5. The summed E-state index contributed by atoms with van der Waals surface area (Å²) in [6, 6.07) is 7.87. The lowest BCUT2D eigenvalue weighted by molar-refractivity contribution is 0.0530. The van der Waals surface area contributed by atoms with Gasteiger partial charge in [0.25, 0.3) is 0 Å². The van der Waals surface area contributed by atoms with E-state index in [0.717, 1.165) is 54.1 Å². The molecule has 6 rings (SSSR count). The van der Waals surface area contributed by atoms with Gasteiger partial charge in [-0.2, -0.15) is 0 Å². The third kappa shape index (κ3) is 3.30. The summed E-state index contributed by atoms with van der Waals surface area (Å²) in [4.78, 5) is 11.4. The van der Waals surface area contributed by atoms with Crippen molar-refractivity contribution in [3.8, 4) is 17.3 Å². The Morgan fingerprint density at radius 1 is 1.19 bits per heavy atom. The summed E-state index contributed by atoms with van der Waals surface area (Å²) in [6.45, 7) is 4.37. The lowest BCUT2D eigenvalue weighted by Gasteiger charge is -2.32. The molecule has 4 aromatic heterocycles. The van der Waals surface area contributed by atoms with Gasteiger partial charge in [0.2, 0.25) is 5.88 Å². The van der Waals surface area contributed by atoms with Crippen LogP contribution in [-0.2, 0) is 4.74 Å². The van der Waals surface area contributed by atoms with E-state index in [1.165, 1.54) is 0 Å². The maximum Gasteiger partial charge on any atom is 0.232 e. The Kier molecular flexibility index (Phi) is 4.32. The van der Waals surface area contributed by atoms with Crippen LogP contribution >= 0.6 is 0 Å². The number of imidazole rings is 1. The topological polar surface area (TPSA) is 104 Å². The zero-order chi connectivity index (χ0) is 20.9. The molecule has 2 fully saturated rings. The first-order valence-corrected chi connectivity index (χ1v) is 10.7. The maximum atomic E-state index is 6.19. The van der Waals surface area contributed by atoms with E-state index in [-0.39, 0.29) is 18.2 Å². The summed E-state index contributed by atoms with van der Waals surface area (Å²) in [6.07, 6.45) is 5.57. The summed E-state index contributed by atoms with van der Waals surface area (Å²) in [5.41, 5.74) is 8.14. The molecule has 0 spiro atoms. The molecule has 1 unspecified atom stereocenters. The first-order valence-electron chi connectivity index (χ1n) is 10.7. The lowest BCUT2D eigenvalue weighted by atomic mass is 9.90. The molecule has 0 bridgehead atoms. The van der Waals surface area contributed by atoms with Crippen LogP contribution in [0.3, 0.4) is 0 Å². The van der Waals surface area contributed by atoms with Crippen LogP contribution in [0.25, 0.3) is 28.1 Å². The van der Waals surface area contributed by atoms with Gasteiger partial charge in [0, 0.05) is 31.4 Å². The molecule has 1 aliphatic carbocycles. The molecule has 5 heterocycles. The Morgan fingerprint density at radius 3 is 2.94 bits per heavy atom. The first kappa shape index (κ1) is 18.6. The van der Waals surface area contributed by atoms with Crippen LogP contribution in [0.4, 0.5) is 5.82 Å². The van der Waals surface area contributed by atoms with Crippen molar-refractivity contribution in [2.24, 2.45) is 5.73 Å². The highest BCUT2D eigenvalue weighted by Gasteiger charge is 2.28. The molecule has 0 radical (unpaired) electrons. The van der Waals surface area contributed by atoms with Crippen molar-refractivity contribution < 1.29 is 13.9 Å². The molecule has 2 aliphatic rings. The molecule has 1 saturated carbocycles. The highest BCUT2D eigenvalue weighted by Crippen LogP contribution is 2.33. The van der Waals surface area contributed by atoms with Gasteiger partial charge in [-0.1, -0.05) is 0 Å². The average Bonchev–Trinajstić information content (AvgIpc) is 3.36. The number of hydrogen-bond acceptors (Lipinski definition) is 8. The number of morpholine rings is 1. The van der Waals surface area contributed by atoms with Crippen LogP contribution < -0.4 is 15.4 Å². The second-order valence-corrected chi connectivity index (χ2v) is 8.34. The Bertz CT molecular complexity index is 1240. The van der Waals surface area contributed by atoms with Crippen LogP contribution in [-0.4, -0.2) is 57.5 Å². The third-order valence-corrected chi connectivity index (χ3v) is 5.97. The number of ether oxygens (including phenoxy) is 2. The fourth-order valence-corrected chi connectivity index (χ4v) is 4.30. The van der Waals surface area contributed by atoms with Gasteiger partial charge in [-0.3, -0.25) is 0 Å². The molecule has 2 N–H and O–H groups in total. The van der Waals surface area contributed by atoms with Crippen LogP contribution in [0.15, 0.2) is 41.1 Å². The number of anilines is 1. The van der Waals surface area contributed by atoms with Crippen molar-refractivity contribution in [2.75, 3.05) is 24.6 Å². The van der Waals surface area contributed by atoms with E-state index in [1.807, 2.05) is 24.3 Å². The van der Waals surface area contributed by atoms with Gasteiger partial charge < -0.3 is 24.5 Å². The molecule has 9 heteroatoms. The number of furan rings is 1. The van der Waals surface area contributed by atoms with E-state index in [1.54, 1.807) is 16.9 Å². The number of pyridine rings is 1. The van der Waals surface area contributed by atoms with Gasteiger partial charge in [0.05, 0.1) is 24.3 Å². The van der Waals surface area contributed by atoms with Crippen molar-refractivity contribution in [1.29, 1.82) is 0 Å². The lowest BCUT2D eigenvalue weighted by Crippen LogP contribution is -2.43. The van der Waals surface area contributed by atoms with Crippen LogP contribution in [0.5, 0.6) is 5.88 Å². The largest absolute Gasteiger partial charge is 0.473 e. The molecule has 0 aromatic carbocycles. The summed E-state index contributed by atoms with van der Waals surface area (Å²) in [5, 5.41) is 5.61. The molecule has 0 amide bonds. The number of aromatic nitrogens is 4. The van der Waals surface area contributed by atoms with E-state index in [4.69, 9.17) is 19.6 Å².